The molecule has 4 rings (SSSR count). The fourth-order valence-corrected chi connectivity index (χ4v) is 6.21. The number of carbonyl (C=O) groups is 3. The van der Waals surface area contributed by atoms with Crippen LogP contribution in [-0.2, 0) is 30.8 Å². The van der Waals surface area contributed by atoms with Gasteiger partial charge in [0.05, 0.1) is 12.6 Å². The number of carbonyl (C=O) groups excluding carboxylic acids is 3. The zero-order valence-corrected chi connectivity index (χ0v) is 17.9. The quantitative estimate of drug-likeness (QED) is 0.570. The summed E-state index contributed by atoms with van der Waals surface area (Å²) in [5.41, 5.74) is 4.32. The van der Waals surface area contributed by atoms with Crippen LogP contribution in [0.4, 0.5) is 0 Å². The van der Waals surface area contributed by atoms with Gasteiger partial charge in [0.25, 0.3) is 5.91 Å². The Kier molecular flexibility index (Phi) is 5.47. The van der Waals surface area contributed by atoms with Crippen molar-refractivity contribution < 1.29 is 27.9 Å². The maximum Gasteiger partial charge on any atom is 0.252 e. The lowest BCUT2D eigenvalue weighted by atomic mass is 9.89. The minimum absolute atomic E-state index is 0.0251. The van der Waals surface area contributed by atoms with Crippen LogP contribution in [0.2, 0.25) is 0 Å². The molecule has 32 heavy (non-hydrogen) atoms. The van der Waals surface area contributed by atoms with Gasteiger partial charge in [0, 0.05) is 25.4 Å². The van der Waals surface area contributed by atoms with E-state index in [4.69, 9.17) is 5.73 Å². The molecule has 11 heteroatoms. The summed E-state index contributed by atoms with van der Waals surface area (Å²) >= 11 is 0. The number of Topliss-reactive ketones (excluding diaryl/α,β-unsaturated/α-hetero) is 1. The first kappa shape index (κ1) is 21.9. The van der Waals surface area contributed by atoms with E-state index in [-0.39, 0.29) is 36.5 Å². The Morgan fingerprint density at radius 3 is 2.69 bits per heavy atom. The van der Waals surface area contributed by atoms with Gasteiger partial charge in [-0.1, -0.05) is 12.1 Å². The third-order valence-corrected chi connectivity index (χ3v) is 7.90. The summed E-state index contributed by atoms with van der Waals surface area (Å²) in [6.45, 7) is -0.529. The van der Waals surface area contributed by atoms with Crippen LogP contribution in [0, 0.1) is 0 Å². The maximum atomic E-state index is 13.2. The van der Waals surface area contributed by atoms with Crippen LogP contribution in [0.25, 0.3) is 0 Å². The number of amides is 2. The highest BCUT2D eigenvalue weighted by atomic mass is 32.2. The van der Waals surface area contributed by atoms with E-state index < -0.39 is 45.7 Å². The fraction of sp³-hybridized carbons (Fsp3) is 0.333. The number of aromatic nitrogens is 1. The van der Waals surface area contributed by atoms with Gasteiger partial charge in [0.15, 0.2) is 11.3 Å². The standard InChI is InChI=1S/C21H22N4O6S/c22-20(29)21-17(25(13-18(21)27)32(30,31)16-5-2-9-23-12-16)8-10-24(21)19(28)7-6-14-3-1-4-15(26)11-14/h1-5,9,11-12,17,26H,6-8,10,13H2,(H2,22,29). The van der Waals surface area contributed by atoms with E-state index >= 15 is 0 Å². The van der Waals surface area contributed by atoms with E-state index in [1.807, 2.05) is 0 Å². The van der Waals surface area contributed by atoms with Crippen molar-refractivity contribution in [3.8, 4) is 5.75 Å². The summed E-state index contributed by atoms with van der Waals surface area (Å²) in [7, 11) is -4.13. The lowest BCUT2D eigenvalue weighted by Gasteiger charge is -2.34. The second kappa shape index (κ2) is 7.99. The number of likely N-dealkylation sites (tertiary alicyclic amines) is 1. The van der Waals surface area contributed by atoms with Gasteiger partial charge in [-0.15, -0.1) is 0 Å². The number of nitrogens with zero attached hydrogens (tertiary/aromatic N) is 3. The van der Waals surface area contributed by atoms with Crippen molar-refractivity contribution >= 4 is 27.6 Å². The van der Waals surface area contributed by atoms with Gasteiger partial charge >= 0.3 is 0 Å². The normalized spacial score (nSPS) is 23.3. The molecular formula is C21H22N4O6S. The number of fused-ring (bicyclic) bond motifs is 1. The third-order valence-electron chi connectivity index (χ3n) is 6.06. The molecule has 0 radical (unpaired) electrons. The van der Waals surface area contributed by atoms with Gasteiger partial charge in [-0.2, -0.15) is 4.31 Å². The maximum absolute atomic E-state index is 13.2. The SMILES string of the molecule is NC(=O)C12C(=O)CN(S(=O)(=O)c3cccnc3)C1CCN2C(=O)CCc1cccc(O)c1. The minimum atomic E-state index is -4.13. The van der Waals surface area contributed by atoms with Gasteiger partial charge in [-0.05, 0) is 42.7 Å². The van der Waals surface area contributed by atoms with Crippen molar-refractivity contribution in [3.63, 3.8) is 0 Å². The van der Waals surface area contributed by atoms with Crippen molar-refractivity contribution in [2.45, 2.75) is 35.7 Å². The van der Waals surface area contributed by atoms with E-state index in [0.717, 1.165) is 15.4 Å². The van der Waals surface area contributed by atoms with Crippen LogP contribution in [0.5, 0.6) is 5.75 Å². The molecule has 2 fully saturated rings. The first-order chi connectivity index (χ1) is 15.2. The molecule has 0 aliphatic carbocycles. The molecule has 0 spiro atoms. The largest absolute Gasteiger partial charge is 0.508 e. The monoisotopic (exact) mass is 458 g/mol. The number of aromatic hydroxyl groups is 1. The summed E-state index contributed by atoms with van der Waals surface area (Å²) < 4.78 is 27.3. The topological polar surface area (TPSA) is 151 Å². The molecular weight excluding hydrogens is 436 g/mol. The van der Waals surface area contributed by atoms with E-state index in [0.29, 0.717) is 5.56 Å². The number of primary amides is 1. The molecule has 2 amide bonds. The molecule has 0 saturated carbocycles. The Morgan fingerprint density at radius 2 is 2.03 bits per heavy atom. The summed E-state index contributed by atoms with van der Waals surface area (Å²) in [5, 5.41) is 9.59. The zero-order valence-electron chi connectivity index (χ0n) is 17.0. The van der Waals surface area contributed by atoms with E-state index in [1.165, 1.54) is 30.5 Å². The molecule has 2 aliphatic rings. The molecule has 168 valence electrons. The Hall–Kier alpha value is -3.31. The van der Waals surface area contributed by atoms with Crippen LogP contribution in [-0.4, -0.2) is 70.0 Å². The number of phenols is 1. The van der Waals surface area contributed by atoms with Gasteiger partial charge in [-0.25, -0.2) is 8.42 Å². The Labute approximate surface area is 184 Å². The van der Waals surface area contributed by atoms with E-state index in [9.17, 15) is 27.9 Å². The summed E-state index contributed by atoms with van der Waals surface area (Å²) in [6.07, 6.45) is 2.93. The van der Waals surface area contributed by atoms with Crippen LogP contribution in [0.3, 0.4) is 0 Å². The predicted molar refractivity (Wildman–Crippen MR) is 112 cm³/mol. The van der Waals surface area contributed by atoms with Gasteiger partial charge < -0.3 is 15.7 Å². The summed E-state index contributed by atoms with van der Waals surface area (Å²) in [4.78, 5) is 43.6. The molecule has 3 N–H and O–H groups in total. The zero-order chi connectivity index (χ0) is 23.1. The predicted octanol–water partition coefficient (Wildman–Crippen LogP) is -0.182. The number of hydrogen-bond donors (Lipinski definition) is 2. The molecule has 2 saturated heterocycles. The van der Waals surface area contributed by atoms with Crippen LogP contribution in [0.15, 0.2) is 53.7 Å². The van der Waals surface area contributed by atoms with Crippen molar-refractivity contribution in [3.05, 3.63) is 54.4 Å². The highest BCUT2D eigenvalue weighted by molar-refractivity contribution is 7.89. The first-order valence-corrected chi connectivity index (χ1v) is 11.5. The summed E-state index contributed by atoms with van der Waals surface area (Å²) in [6, 6.07) is 8.14. The number of aryl methyl sites for hydroxylation is 1. The van der Waals surface area contributed by atoms with Gasteiger partial charge in [0.1, 0.15) is 10.6 Å². The third kappa shape index (κ3) is 3.33. The lowest BCUT2D eigenvalue weighted by Crippen LogP contribution is -2.64. The molecule has 2 aromatic rings. The van der Waals surface area contributed by atoms with Crippen molar-refractivity contribution in [1.82, 2.24) is 14.2 Å². The van der Waals surface area contributed by atoms with Crippen molar-refractivity contribution in [2.24, 2.45) is 5.73 Å². The number of benzene rings is 1. The van der Waals surface area contributed by atoms with E-state index in [2.05, 4.69) is 4.98 Å². The Balaban J connectivity index is 1.63. The number of phenolic OH excluding ortho intramolecular Hbond substituents is 1. The average molecular weight is 458 g/mol. The number of rotatable bonds is 6. The number of ketones is 1. The van der Waals surface area contributed by atoms with Crippen molar-refractivity contribution in [1.29, 1.82) is 0 Å². The highest BCUT2D eigenvalue weighted by Gasteiger charge is 2.68. The van der Waals surface area contributed by atoms with Crippen molar-refractivity contribution in [2.75, 3.05) is 13.1 Å². The highest BCUT2D eigenvalue weighted by Crippen LogP contribution is 2.42. The molecule has 10 nitrogen and oxygen atoms in total. The number of hydrogen-bond acceptors (Lipinski definition) is 7. The molecule has 1 aromatic carbocycles. The van der Waals surface area contributed by atoms with Crippen LogP contribution in [0.1, 0.15) is 18.4 Å². The number of nitrogens with two attached hydrogens (primary N) is 1. The molecule has 0 bridgehead atoms. The number of pyridine rings is 1. The number of sulfonamides is 1. The smallest absolute Gasteiger partial charge is 0.252 e. The van der Waals surface area contributed by atoms with Gasteiger partial charge in [-0.3, -0.25) is 19.4 Å². The molecule has 2 aliphatic heterocycles. The molecule has 2 unspecified atom stereocenters. The Bertz CT molecular complexity index is 1190. The second-order valence-electron chi connectivity index (χ2n) is 7.81. The molecule has 1 aromatic heterocycles. The average Bonchev–Trinajstić information content (AvgIpc) is 3.30. The second-order valence-corrected chi connectivity index (χ2v) is 9.70. The molecule has 2 atom stereocenters. The fourth-order valence-electron chi connectivity index (χ4n) is 4.62. The Morgan fingerprint density at radius 1 is 1.25 bits per heavy atom. The van der Waals surface area contributed by atoms with Crippen LogP contribution < -0.4 is 5.73 Å². The molecule has 3 heterocycles. The minimum Gasteiger partial charge on any atom is -0.508 e. The van der Waals surface area contributed by atoms with E-state index in [1.54, 1.807) is 12.1 Å². The lowest BCUT2D eigenvalue weighted by molar-refractivity contribution is -0.149. The first-order valence-electron chi connectivity index (χ1n) is 10.0. The summed E-state index contributed by atoms with van der Waals surface area (Å²) in [5.74, 6) is -2.18. The van der Waals surface area contributed by atoms with Gasteiger partial charge in [0.2, 0.25) is 15.9 Å². The van der Waals surface area contributed by atoms with Crippen LogP contribution >= 0.6 is 0 Å².